The maximum absolute atomic E-state index is 11.1. The monoisotopic (exact) mass is 270 g/mol. The minimum absolute atomic E-state index is 0.211. The fourth-order valence-electron chi connectivity index (χ4n) is 1.60. The second-order valence-corrected chi connectivity index (χ2v) is 4.77. The van der Waals surface area contributed by atoms with Crippen molar-refractivity contribution in [1.82, 2.24) is 9.97 Å². The molecule has 1 aliphatic heterocycles. The highest BCUT2D eigenvalue weighted by molar-refractivity contribution is 7.99. The highest BCUT2D eigenvalue weighted by Crippen LogP contribution is 2.21. The molecule has 0 bridgehead atoms. The number of aromatic nitrogens is 2. The molecule has 96 valence electrons. The van der Waals surface area contributed by atoms with Crippen LogP contribution in [-0.2, 0) is 4.79 Å². The third-order valence-electron chi connectivity index (χ3n) is 2.51. The molecule has 2 rings (SSSR count). The molecule has 1 saturated heterocycles. The molecular weight excluding hydrogens is 260 g/mol. The van der Waals surface area contributed by atoms with Gasteiger partial charge in [-0.05, 0) is 0 Å². The van der Waals surface area contributed by atoms with Gasteiger partial charge in [0.25, 0.3) is 0 Å². The first-order chi connectivity index (χ1) is 8.59. The molecule has 1 aromatic heterocycles. The lowest BCUT2D eigenvalue weighted by Crippen LogP contribution is -2.48. The largest absolute Gasteiger partial charge is 0.480 e. The van der Waals surface area contributed by atoms with E-state index in [9.17, 15) is 14.9 Å². The van der Waals surface area contributed by atoms with E-state index in [4.69, 9.17) is 5.11 Å². The van der Waals surface area contributed by atoms with E-state index in [1.54, 1.807) is 16.7 Å². The quantitative estimate of drug-likeness (QED) is 0.620. The van der Waals surface area contributed by atoms with E-state index in [1.807, 2.05) is 0 Å². The van der Waals surface area contributed by atoms with Crippen molar-refractivity contribution in [3.63, 3.8) is 0 Å². The Morgan fingerprint density at radius 1 is 1.56 bits per heavy atom. The third-order valence-corrected chi connectivity index (χ3v) is 3.53. The van der Waals surface area contributed by atoms with Crippen molar-refractivity contribution < 1.29 is 14.8 Å². The molecule has 0 aromatic carbocycles. The summed E-state index contributed by atoms with van der Waals surface area (Å²) in [5.41, 5.74) is -0.211. The van der Waals surface area contributed by atoms with Crippen LogP contribution in [0, 0.1) is 10.1 Å². The van der Waals surface area contributed by atoms with Crippen molar-refractivity contribution >= 4 is 29.4 Å². The van der Waals surface area contributed by atoms with Crippen molar-refractivity contribution in [2.24, 2.45) is 0 Å². The number of rotatable bonds is 3. The zero-order valence-corrected chi connectivity index (χ0v) is 10.0. The summed E-state index contributed by atoms with van der Waals surface area (Å²) in [6, 6.07) is -0.690. The summed E-state index contributed by atoms with van der Waals surface area (Å²) in [6.07, 6.45) is 2.17. The third kappa shape index (κ3) is 2.50. The van der Waals surface area contributed by atoms with Crippen LogP contribution < -0.4 is 4.90 Å². The first kappa shape index (κ1) is 12.6. The molecule has 18 heavy (non-hydrogen) atoms. The van der Waals surface area contributed by atoms with Crippen LogP contribution in [0.15, 0.2) is 12.4 Å². The van der Waals surface area contributed by atoms with E-state index in [1.165, 1.54) is 0 Å². The number of anilines is 1. The van der Waals surface area contributed by atoms with E-state index in [0.717, 1.165) is 18.1 Å². The van der Waals surface area contributed by atoms with Gasteiger partial charge in [-0.2, -0.15) is 11.8 Å². The molecule has 1 N–H and O–H groups in total. The summed E-state index contributed by atoms with van der Waals surface area (Å²) in [5.74, 6) is 0.511. The second-order valence-electron chi connectivity index (χ2n) is 3.62. The Labute approximate surface area is 106 Å². The molecule has 0 spiro atoms. The minimum Gasteiger partial charge on any atom is -0.480 e. The molecule has 9 heteroatoms. The topological polar surface area (TPSA) is 109 Å². The average molecular weight is 270 g/mol. The van der Waals surface area contributed by atoms with Crippen LogP contribution in [-0.4, -0.2) is 50.1 Å². The standard InChI is InChI=1S/C9H10N4O4S/c14-8(15)7-5-18-2-1-12(7)9-10-3-6(4-11-9)13(16)17/h3-4,7H,1-2,5H2,(H,14,15). The zero-order valence-electron chi connectivity index (χ0n) is 9.22. The van der Waals surface area contributed by atoms with Crippen LogP contribution >= 0.6 is 11.8 Å². The molecule has 0 radical (unpaired) electrons. The van der Waals surface area contributed by atoms with Gasteiger partial charge in [0.1, 0.15) is 18.4 Å². The maximum Gasteiger partial charge on any atom is 0.327 e. The molecule has 0 saturated carbocycles. The van der Waals surface area contributed by atoms with Crippen LogP contribution in [0.1, 0.15) is 0 Å². The number of carboxylic acids is 1. The molecule has 0 amide bonds. The van der Waals surface area contributed by atoms with Crippen LogP contribution in [0.2, 0.25) is 0 Å². The molecule has 1 atom stereocenters. The minimum atomic E-state index is -0.941. The van der Waals surface area contributed by atoms with Crippen LogP contribution in [0.3, 0.4) is 0 Å². The van der Waals surface area contributed by atoms with Gasteiger partial charge in [0, 0.05) is 18.1 Å². The van der Waals surface area contributed by atoms with Crippen molar-refractivity contribution in [3.8, 4) is 0 Å². The Balaban J connectivity index is 2.23. The SMILES string of the molecule is O=C(O)C1CSCCN1c1ncc([N+](=O)[O-])cn1. The number of nitro groups is 1. The van der Waals surface area contributed by atoms with Gasteiger partial charge in [0.05, 0.1) is 4.92 Å². The Kier molecular flexibility index (Phi) is 3.60. The van der Waals surface area contributed by atoms with E-state index in [2.05, 4.69) is 9.97 Å². The maximum atomic E-state index is 11.1. The molecular formula is C9H10N4O4S. The number of hydrogen-bond acceptors (Lipinski definition) is 7. The van der Waals surface area contributed by atoms with Crippen molar-refractivity contribution in [2.75, 3.05) is 23.0 Å². The number of hydrogen-bond donors (Lipinski definition) is 1. The number of thioether (sulfide) groups is 1. The lowest BCUT2D eigenvalue weighted by Gasteiger charge is -2.32. The van der Waals surface area contributed by atoms with Crippen molar-refractivity contribution in [2.45, 2.75) is 6.04 Å². The first-order valence-electron chi connectivity index (χ1n) is 5.13. The van der Waals surface area contributed by atoms with Gasteiger partial charge < -0.3 is 10.0 Å². The van der Waals surface area contributed by atoms with Gasteiger partial charge in [-0.25, -0.2) is 14.8 Å². The van der Waals surface area contributed by atoms with Crippen LogP contribution in [0.4, 0.5) is 11.6 Å². The van der Waals surface area contributed by atoms with Gasteiger partial charge >= 0.3 is 11.7 Å². The van der Waals surface area contributed by atoms with Gasteiger partial charge in [0.2, 0.25) is 5.95 Å². The Hall–Kier alpha value is -1.90. The summed E-state index contributed by atoms with van der Waals surface area (Å²) < 4.78 is 0. The first-order valence-corrected chi connectivity index (χ1v) is 6.28. The summed E-state index contributed by atoms with van der Waals surface area (Å²) in [5, 5.41) is 19.6. The molecule has 1 aromatic rings. The molecule has 1 aliphatic rings. The lowest BCUT2D eigenvalue weighted by molar-refractivity contribution is -0.385. The molecule has 1 fully saturated rings. The Morgan fingerprint density at radius 2 is 2.22 bits per heavy atom. The lowest BCUT2D eigenvalue weighted by atomic mass is 10.3. The Bertz CT molecular complexity index is 466. The summed E-state index contributed by atoms with van der Waals surface area (Å²) in [7, 11) is 0. The normalized spacial score (nSPS) is 19.6. The summed E-state index contributed by atoms with van der Waals surface area (Å²) >= 11 is 1.55. The highest BCUT2D eigenvalue weighted by Gasteiger charge is 2.30. The van der Waals surface area contributed by atoms with Gasteiger partial charge in [-0.15, -0.1) is 0 Å². The molecule has 8 nitrogen and oxygen atoms in total. The Morgan fingerprint density at radius 3 is 2.78 bits per heavy atom. The number of carboxylic acid groups (broad SMARTS) is 1. The van der Waals surface area contributed by atoms with Gasteiger partial charge in [-0.1, -0.05) is 0 Å². The molecule has 2 heterocycles. The van der Waals surface area contributed by atoms with E-state index >= 15 is 0 Å². The second kappa shape index (κ2) is 5.17. The van der Waals surface area contributed by atoms with Crippen molar-refractivity contribution in [3.05, 3.63) is 22.5 Å². The number of nitrogens with zero attached hydrogens (tertiary/aromatic N) is 4. The highest BCUT2D eigenvalue weighted by atomic mass is 32.2. The smallest absolute Gasteiger partial charge is 0.327 e. The fraction of sp³-hybridized carbons (Fsp3) is 0.444. The predicted octanol–water partition coefficient (Wildman–Crippen LogP) is 0.391. The van der Waals surface area contributed by atoms with E-state index in [0.29, 0.717) is 12.3 Å². The van der Waals surface area contributed by atoms with Gasteiger partial charge in [0.15, 0.2) is 0 Å². The van der Waals surface area contributed by atoms with Crippen molar-refractivity contribution in [1.29, 1.82) is 0 Å². The number of carbonyl (C=O) groups is 1. The summed E-state index contributed by atoms with van der Waals surface area (Å²) in [6.45, 7) is 0.513. The zero-order chi connectivity index (χ0) is 13.1. The number of aliphatic carboxylic acids is 1. The van der Waals surface area contributed by atoms with Crippen LogP contribution in [0.25, 0.3) is 0 Å². The predicted molar refractivity (Wildman–Crippen MR) is 64.8 cm³/mol. The molecule has 0 aliphatic carbocycles. The van der Waals surface area contributed by atoms with E-state index < -0.39 is 16.9 Å². The fourth-order valence-corrected chi connectivity index (χ4v) is 2.64. The van der Waals surface area contributed by atoms with Gasteiger partial charge in [-0.3, -0.25) is 10.1 Å². The average Bonchev–Trinajstić information content (AvgIpc) is 2.39. The van der Waals surface area contributed by atoms with Crippen LogP contribution in [0.5, 0.6) is 0 Å². The summed E-state index contributed by atoms with van der Waals surface area (Å²) in [4.78, 5) is 30.2. The molecule has 1 unspecified atom stereocenters. The van der Waals surface area contributed by atoms with E-state index in [-0.39, 0.29) is 11.6 Å².